The van der Waals surface area contributed by atoms with E-state index in [0.29, 0.717) is 4.90 Å². The molecule has 0 aliphatic carbocycles. The van der Waals surface area contributed by atoms with E-state index in [2.05, 4.69) is 5.32 Å². The predicted molar refractivity (Wildman–Crippen MR) is 131 cm³/mol. The maximum Gasteiger partial charge on any atom is 0.339 e. The SMILES string of the molecule is O=C1NC(=O)N(c2ccccc2Cl)C(=O)/C1=C/c1cc(Cl)cc(Cl)c1OS(=O)(=O)c1ccccc1. The van der Waals surface area contributed by atoms with Gasteiger partial charge < -0.3 is 4.18 Å². The summed E-state index contributed by atoms with van der Waals surface area (Å²) in [5, 5.41) is 2.03. The fourth-order valence-corrected chi connectivity index (χ4v) is 4.99. The van der Waals surface area contributed by atoms with Crippen LogP contribution in [0.3, 0.4) is 0 Å². The molecule has 3 aromatic rings. The highest BCUT2D eigenvalue weighted by Gasteiger charge is 2.38. The number of urea groups is 1. The molecule has 1 fully saturated rings. The van der Waals surface area contributed by atoms with Gasteiger partial charge in [-0.15, -0.1) is 0 Å². The Kier molecular flexibility index (Phi) is 6.86. The molecule has 1 N–H and O–H groups in total. The maximum atomic E-state index is 13.2. The van der Waals surface area contributed by atoms with E-state index in [0.717, 1.165) is 6.08 Å². The van der Waals surface area contributed by atoms with Crippen molar-refractivity contribution in [1.29, 1.82) is 0 Å². The van der Waals surface area contributed by atoms with Crippen molar-refractivity contribution in [3.05, 3.63) is 92.9 Å². The van der Waals surface area contributed by atoms with Gasteiger partial charge in [0.15, 0.2) is 5.75 Å². The highest BCUT2D eigenvalue weighted by molar-refractivity contribution is 7.87. The molecule has 4 amide bonds. The van der Waals surface area contributed by atoms with E-state index < -0.39 is 33.5 Å². The average Bonchev–Trinajstić information content (AvgIpc) is 2.80. The normalized spacial score (nSPS) is 15.3. The van der Waals surface area contributed by atoms with Gasteiger partial charge in [-0.3, -0.25) is 14.9 Å². The molecule has 1 aliphatic rings. The Labute approximate surface area is 214 Å². The number of hydrogen-bond donors (Lipinski definition) is 1. The second-order valence-corrected chi connectivity index (χ2v) is 9.86. The lowest BCUT2D eigenvalue weighted by Gasteiger charge is -2.27. The zero-order valence-electron chi connectivity index (χ0n) is 17.4. The molecule has 1 aliphatic heterocycles. The summed E-state index contributed by atoms with van der Waals surface area (Å²) >= 11 is 18.4. The topological polar surface area (TPSA) is 110 Å². The molecule has 0 bridgehead atoms. The van der Waals surface area contributed by atoms with Crippen LogP contribution in [0.15, 0.2) is 77.2 Å². The standard InChI is InChI=1S/C23H13Cl3N2O6S/c24-14-10-13(20(18(26)12-14)34-35(32,33)15-6-2-1-3-7-15)11-16-21(29)27-23(31)28(22(16)30)19-9-5-4-8-17(19)25/h1-12H,(H,27,29,31)/b16-11+. The molecule has 1 heterocycles. The van der Waals surface area contributed by atoms with Crippen molar-refractivity contribution in [2.45, 2.75) is 4.90 Å². The number of para-hydroxylation sites is 1. The predicted octanol–water partition coefficient (Wildman–Crippen LogP) is 5.08. The largest absolute Gasteiger partial charge is 0.377 e. The smallest absolute Gasteiger partial charge is 0.339 e. The van der Waals surface area contributed by atoms with E-state index in [4.69, 9.17) is 39.0 Å². The Morgan fingerprint density at radius 1 is 0.857 bits per heavy atom. The minimum Gasteiger partial charge on any atom is -0.377 e. The zero-order chi connectivity index (χ0) is 25.3. The van der Waals surface area contributed by atoms with Crippen LogP contribution in [0.5, 0.6) is 5.75 Å². The van der Waals surface area contributed by atoms with Crippen molar-refractivity contribution < 1.29 is 27.0 Å². The Morgan fingerprint density at radius 3 is 2.20 bits per heavy atom. The van der Waals surface area contributed by atoms with Gasteiger partial charge in [0.1, 0.15) is 10.5 Å². The fourth-order valence-electron chi connectivity index (χ4n) is 3.19. The van der Waals surface area contributed by atoms with Gasteiger partial charge in [-0.25, -0.2) is 9.69 Å². The second-order valence-electron chi connectivity index (χ2n) is 7.07. The van der Waals surface area contributed by atoms with Gasteiger partial charge in [0, 0.05) is 10.6 Å². The number of anilines is 1. The van der Waals surface area contributed by atoms with Gasteiger partial charge in [-0.2, -0.15) is 8.42 Å². The van der Waals surface area contributed by atoms with E-state index in [9.17, 15) is 22.8 Å². The van der Waals surface area contributed by atoms with Crippen molar-refractivity contribution >= 4 is 74.5 Å². The number of hydrogen-bond acceptors (Lipinski definition) is 6. The first kappa shape index (κ1) is 24.7. The van der Waals surface area contributed by atoms with Crippen LogP contribution < -0.4 is 14.4 Å². The summed E-state index contributed by atoms with van der Waals surface area (Å²) in [6.45, 7) is 0. The third kappa shape index (κ3) is 5.03. The molecule has 1 saturated heterocycles. The molecule has 0 aromatic heterocycles. The highest BCUT2D eigenvalue weighted by Crippen LogP contribution is 2.37. The number of carbonyl (C=O) groups excluding carboxylic acids is 3. The summed E-state index contributed by atoms with van der Waals surface area (Å²) in [7, 11) is -4.33. The third-order valence-corrected chi connectivity index (χ3v) is 6.81. The summed E-state index contributed by atoms with van der Waals surface area (Å²) in [6.07, 6.45) is 1.03. The van der Waals surface area contributed by atoms with Crippen molar-refractivity contribution in [3.63, 3.8) is 0 Å². The van der Waals surface area contributed by atoms with Gasteiger partial charge >= 0.3 is 16.1 Å². The molecule has 3 aromatic carbocycles. The fraction of sp³-hybridized carbons (Fsp3) is 0. The summed E-state index contributed by atoms with van der Waals surface area (Å²) in [5.74, 6) is -2.38. The van der Waals surface area contributed by atoms with Crippen molar-refractivity contribution in [2.24, 2.45) is 0 Å². The monoisotopic (exact) mass is 550 g/mol. The number of nitrogens with one attached hydrogen (secondary N) is 1. The van der Waals surface area contributed by atoms with Crippen LogP contribution in [0.25, 0.3) is 6.08 Å². The molecule has 0 atom stereocenters. The van der Waals surface area contributed by atoms with Gasteiger partial charge in [0.2, 0.25) is 0 Å². The molecule has 0 saturated carbocycles. The summed E-state index contributed by atoms with van der Waals surface area (Å²) in [4.78, 5) is 38.7. The van der Waals surface area contributed by atoms with Crippen LogP contribution in [0.4, 0.5) is 10.5 Å². The molecule has 12 heteroatoms. The minimum atomic E-state index is -4.33. The van der Waals surface area contributed by atoms with Crippen LogP contribution in [0, 0.1) is 0 Å². The number of barbiturate groups is 1. The van der Waals surface area contributed by atoms with Crippen molar-refractivity contribution in [1.82, 2.24) is 5.32 Å². The van der Waals surface area contributed by atoms with Crippen LogP contribution in [0.1, 0.15) is 5.56 Å². The molecule has 0 unspecified atom stereocenters. The number of benzene rings is 3. The first-order chi connectivity index (χ1) is 16.6. The number of carbonyl (C=O) groups is 3. The lowest BCUT2D eigenvalue weighted by atomic mass is 10.1. The molecule has 8 nitrogen and oxygen atoms in total. The summed E-state index contributed by atoms with van der Waals surface area (Å²) < 4.78 is 30.8. The van der Waals surface area contributed by atoms with E-state index in [-0.39, 0.29) is 37.0 Å². The number of nitrogens with zero attached hydrogens (tertiary/aromatic N) is 1. The summed E-state index contributed by atoms with van der Waals surface area (Å²) in [5.41, 5.74) is -0.555. The minimum absolute atomic E-state index is 0.0438. The lowest BCUT2D eigenvalue weighted by molar-refractivity contribution is -0.122. The number of halogens is 3. The maximum absolute atomic E-state index is 13.2. The number of imide groups is 2. The third-order valence-electron chi connectivity index (χ3n) is 4.76. The van der Waals surface area contributed by atoms with Crippen LogP contribution in [-0.2, 0) is 19.7 Å². The van der Waals surface area contributed by atoms with Crippen molar-refractivity contribution in [2.75, 3.05) is 4.90 Å². The lowest BCUT2D eigenvalue weighted by Crippen LogP contribution is -2.54. The summed E-state index contributed by atoms with van der Waals surface area (Å²) in [6, 6.07) is 14.8. The van der Waals surface area contributed by atoms with E-state index in [1.54, 1.807) is 18.2 Å². The Hall–Kier alpha value is -3.37. The van der Waals surface area contributed by atoms with E-state index in [1.807, 2.05) is 0 Å². The van der Waals surface area contributed by atoms with Crippen molar-refractivity contribution in [3.8, 4) is 5.75 Å². The van der Waals surface area contributed by atoms with Gasteiger partial charge in [-0.1, -0.05) is 65.1 Å². The molecule has 4 rings (SSSR count). The molecular formula is C23H13Cl3N2O6S. The van der Waals surface area contributed by atoms with Gasteiger partial charge in [-0.05, 0) is 42.5 Å². The molecule has 0 radical (unpaired) electrons. The van der Waals surface area contributed by atoms with Gasteiger partial charge in [0.05, 0.1) is 15.7 Å². The second kappa shape index (κ2) is 9.71. The Balaban J connectivity index is 1.81. The van der Waals surface area contributed by atoms with E-state index in [1.165, 1.54) is 48.5 Å². The molecule has 178 valence electrons. The average molecular weight is 552 g/mol. The quantitative estimate of drug-likeness (QED) is 0.269. The molecule has 0 spiro atoms. The zero-order valence-corrected chi connectivity index (χ0v) is 20.5. The van der Waals surface area contributed by atoms with Crippen LogP contribution >= 0.6 is 34.8 Å². The van der Waals surface area contributed by atoms with Crippen LogP contribution in [0.2, 0.25) is 15.1 Å². The number of rotatable bonds is 5. The Bertz CT molecular complexity index is 1510. The first-order valence-electron chi connectivity index (χ1n) is 9.73. The van der Waals surface area contributed by atoms with E-state index >= 15 is 0 Å². The van der Waals surface area contributed by atoms with Gasteiger partial charge in [0.25, 0.3) is 11.8 Å². The van der Waals surface area contributed by atoms with Crippen LogP contribution in [-0.4, -0.2) is 26.3 Å². The first-order valence-corrected chi connectivity index (χ1v) is 12.3. The number of amides is 4. The molecular weight excluding hydrogens is 539 g/mol. The highest BCUT2D eigenvalue weighted by atomic mass is 35.5. The molecule has 35 heavy (non-hydrogen) atoms. The Morgan fingerprint density at radius 2 is 1.51 bits per heavy atom.